The number of rotatable bonds is 11. The Kier molecular flexibility index (Phi) is 9.02. The number of unbranched alkanes of at least 4 members (excludes halogenated alkanes) is 4. The summed E-state index contributed by atoms with van der Waals surface area (Å²) in [6.07, 6.45) is 11.6. The van der Waals surface area contributed by atoms with Gasteiger partial charge in [0.2, 0.25) is 0 Å². The Morgan fingerprint density at radius 2 is 1.74 bits per heavy atom. The molecule has 0 amide bonds. The third-order valence-corrected chi connectivity index (χ3v) is 7.02. The zero-order valence-corrected chi connectivity index (χ0v) is 19.9. The van der Waals surface area contributed by atoms with Crippen molar-refractivity contribution in [3.05, 3.63) is 65.2 Å². The van der Waals surface area contributed by atoms with Gasteiger partial charge in [0.05, 0.1) is 6.10 Å². The van der Waals surface area contributed by atoms with Gasteiger partial charge in [0, 0.05) is 0 Å². The standard InChI is InChI=1S/C29H42O2/c1-4-5-6-7-11-19-29(2,3)25-17-18-27(24-15-12-16-26(30)20-24)28(21-25)31-22-23-13-9-8-10-14-23/h8-10,13-14,17-18,21,24,26,30H,4-7,11-12,15-16,19-20,22H2,1-3H3/t24-,26-/m0/s1. The van der Waals surface area contributed by atoms with E-state index in [1.165, 1.54) is 55.2 Å². The third-order valence-electron chi connectivity index (χ3n) is 7.02. The minimum absolute atomic E-state index is 0.141. The largest absolute Gasteiger partial charge is 0.489 e. The zero-order valence-electron chi connectivity index (χ0n) is 19.9. The van der Waals surface area contributed by atoms with Crippen LogP contribution in [0.3, 0.4) is 0 Å². The van der Waals surface area contributed by atoms with Crippen molar-refractivity contribution in [3.8, 4) is 5.75 Å². The summed E-state index contributed by atoms with van der Waals surface area (Å²) in [7, 11) is 0. The molecule has 0 unspecified atom stereocenters. The fourth-order valence-electron chi connectivity index (χ4n) is 4.91. The van der Waals surface area contributed by atoms with Crippen LogP contribution in [-0.2, 0) is 12.0 Å². The van der Waals surface area contributed by atoms with Crippen molar-refractivity contribution in [3.63, 3.8) is 0 Å². The number of ether oxygens (including phenoxy) is 1. The van der Waals surface area contributed by atoms with Gasteiger partial charge in [0.15, 0.2) is 0 Å². The number of aliphatic hydroxyl groups excluding tert-OH is 1. The lowest BCUT2D eigenvalue weighted by Crippen LogP contribution is -2.20. The first-order valence-corrected chi connectivity index (χ1v) is 12.5. The molecule has 1 aliphatic rings. The Labute approximate surface area is 190 Å². The molecule has 0 saturated heterocycles. The molecule has 170 valence electrons. The van der Waals surface area contributed by atoms with Crippen LogP contribution in [0, 0.1) is 0 Å². The van der Waals surface area contributed by atoms with Crippen LogP contribution in [0.5, 0.6) is 5.75 Å². The number of hydrogen-bond acceptors (Lipinski definition) is 2. The SMILES string of the molecule is CCCCCCCC(C)(C)c1ccc([C@H]2CCC[C@H](O)C2)c(OCc2ccccc2)c1. The predicted octanol–water partition coefficient (Wildman–Crippen LogP) is 7.92. The Bertz CT molecular complexity index is 781. The van der Waals surface area contributed by atoms with Crippen molar-refractivity contribution in [2.24, 2.45) is 0 Å². The monoisotopic (exact) mass is 422 g/mol. The summed E-state index contributed by atoms with van der Waals surface area (Å²) in [4.78, 5) is 0. The summed E-state index contributed by atoms with van der Waals surface area (Å²) in [6, 6.07) is 17.3. The first-order chi connectivity index (χ1) is 15.0. The van der Waals surface area contributed by atoms with E-state index in [1.807, 2.05) is 6.07 Å². The molecule has 2 heteroatoms. The van der Waals surface area contributed by atoms with E-state index in [-0.39, 0.29) is 11.5 Å². The predicted molar refractivity (Wildman–Crippen MR) is 131 cm³/mol. The number of benzene rings is 2. The van der Waals surface area contributed by atoms with Crippen LogP contribution < -0.4 is 4.74 Å². The second-order valence-electron chi connectivity index (χ2n) is 10.1. The van der Waals surface area contributed by atoms with Crippen molar-refractivity contribution in [2.75, 3.05) is 0 Å². The summed E-state index contributed by atoms with van der Waals surface area (Å²) < 4.78 is 6.42. The van der Waals surface area contributed by atoms with Crippen molar-refractivity contribution in [1.82, 2.24) is 0 Å². The van der Waals surface area contributed by atoms with E-state index in [0.29, 0.717) is 12.5 Å². The highest BCUT2D eigenvalue weighted by molar-refractivity contribution is 5.43. The maximum absolute atomic E-state index is 10.2. The maximum atomic E-state index is 10.2. The molecule has 0 heterocycles. The molecule has 2 aromatic rings. The van der Waals surface area contributed by atoms with Gasteiger partial charge in [0.1, 0.15) is 12.4 Å². The van der Waals surface area contributed by atoms with E-state index in [0.717, 1.165) is 31.4 Å². The number of aliphatic hydroxyl groups is 1. The van der Waals surface area contributed by atoms with Crippen molar-refractivity contribution >= 4 is 0 Å². The fraction of sp³-hybridized carbons (Fsp3) is 0.586. The van der Waals surface area contributed by atoms with Crippen LogP contribution in [0.25, 0.3) is 0 Å². The van der Waals surface area contributed by atoms with Crippen molar-refractivity contribution < 1.29 is 9.84 Å². The second kappa shape index (κ2) is 11.7. The average Bonchev–Trinajstić information content (AvgIpc) is 2.78. The van der Waals surface area contributed by atoms with Crippen LogP contribution in [-0.4, -0.2) is 11.2 Å². The number of hydrogen-bond donors (Lipinski definition) is 1. The normalized spacial score (nSPS) is 19.4. The first kappa shape index (κ1) is 23.9. The Morgan fingerprint density at radius 3 is 2.48 bits per heavy atom. The molecule has 0 aliphatic heterocycles. The quantitative estimate of drug-likeness (QED) is 0.373. The molecule has 1 aliphatic carbocycles. The summed E-state index contributed by atoms with van der Waals surface area (Å²) in [5.74, 6) is 1.40. The molecule has 3 rings (SSSR count). The Balaban J connectivity index is 1.77. The van der Waals surface area contributed by atoms with Gasteiger partial charge in [-0.3, -0.25) is 0 Å². The van der Waals surface area contributed by atoms with E-state index in [1.54, 1.807) is 0 Å². The molecule has 0 aromatic heterocycles. The smallest absolute Gasteiger partial charge is 0.123 e. The molecule has 31 heavy (non-hydrogen) atoms. The molecular weight excluding hydrogens is 380 g/mol. The zero-order chi connectivity index (χ0) is 22.1. The van der Waals surface area contributed by atoms with E-state index in [9.17, 15) is 5.11 Å². The molecule has 0 bridgehead atoms. The molecule has 2 nitrogen and oxygen atoms in total. The van der Waals surface area contributed by atoms with Gasteiger partial charge < -0.3 is 9.84 Å². The molecule has 0 radical (unpaired) electrons. The molecular formula is C29H42O2. The molecule has 1 saturated carbocycles. The maximum Gasteiger partial charge on any atom is 0.123 e. The summed E-state index contributed by atoms with van der Waals surface area (Å²) in [5.41, 5.74) is 3.97. The highest BCUT2D eigenvalue weighted by atomic mass is 16.5. The summed E-state index contributed by atoms with van der Waals surface area (Å²) in [6.45, 7) is 7.60. The van der Waals surface area contributed by atoms with Gasteiger partial charge in [0.25, 0.3) is 0 Å². The van der Waals surface area contributed by atoms with Crippen molar-refractivity contribution in [1.29, 1.82) is 0 Å². The second-order valence-corrected chi connectivity index (χ2v) is 10.1. The molecule has 1 fully saturated rings. The highest BCUT2D eigenvalue weighted by Crippen LogP contribution is 2.41. The molecule has 0 spiro atoms. The lowest BCUT2D eigenvalue weighted by Gasteiger charge is -2.30. The van der Waals surface area contributed by atoms with Gasteiger partial charge in [-0.15, -0.1) is 0 Å². The average molecular weight is 423 g/mol. The van der Waals surface area contributed by atoms with Crippen LogP contribution in [0.2, 0.25) is 0 Å². The van der Waals surface area contributed by atoms with Gasteiger partial charge >= 0.3 is 0 Å². The van der Waals surface area contributed by atoms with E-state index in [4.69, 9.17) is 4.74 Å². The van der Waals surface area contributed by atoms with Crippen LogP contribution in [0.4, 0.5) is 0 Å². The summed E-state index contributed by atoms with van der Waals surface area (Å²) >= 11 is 0. The van der Waals surface area contributed by atoms with Crippen LogP contribution in [0.1, 0.15) is 108 Å². The molecule has 2 aromatic carbocycles. The van der Waals surface area contributed by atoms with E-state index >= 15 is 0 Å². The van der Waals surface area contributed by atoms with Gasteiger partial charge in [-0.05, 0) is 59.8 Å². The van der Waals surface area contributed by atoms with Gasteiger partial charge in [-0.2, -0.15) is 0 Å². The van der Waals surface area contributed by atoms with E-state index < -0.39 is 0 Å². The lowest BCUT2D eigenvalue weighted by molar-refractivity contribution is 0.118. The third kappa shape index (κ3) is 7.10. The lowest BCUT2D eigenvalue weighted by atomic mass is 9.77. The topological polar surface area (TPSA) is 29.5 Å². The van der Waals surface area contributed by atoms with Crippen molar-refractivity contribution in [2.45, 2.75) is 109 Å². The minimum atomic E-state index is -0.181. The van der Waals surface area contributed by atoms with Crippen LogP contribution >= 0.6 is 0 Å². The Hall–Kier alpha value is -1.80. The first-order valence-electron chi connectivity index (χ1n) is 12.5. The molecule has 1 N–H and O–H groups in total. The Morgan fingerprint density at radius 1 is 0.968 bits per heavy atom. The highest BCUT2D eigenvalue weighted by Gasteiger charge is 2.27. The molecule has 2 atom stereocenters. The summed E-state index contributed by atoms with van der Waals surface area (Å²) in [5, 5.41) is 10.2. The van der Waals surface area contributed by atoms with Gasteiger partial charge in [-0.1, -0.05) is 102 Å². The van der Waals surface area contributed by atoms with Gasteiger partial charge in [-0.25, -0.2) is 0 Å². The fourth-order valence-corrected chi connectivity index (χ4v) is 4.91. The van der Waals surface area contributed by atoms with Crippen LogP contribution in [0.15, 0.2) is 48.5 Å². The minimum Gasteiger partial charge on any atom is -0.489 e. The van der Waals surface area contributed by atoms with E-state index in [2.05, 4.69) is 63.2 Å².